The molecule has 0 saturated carbocycles. The Kier molecular flexibility index (Phi) is 3.39. The first kappa shape index (κ1) is 13.4. The molecule has 7 nitrogen and oxygen atoms in total. The van der Waals surface area contributed by atoms with E-state index >= 15 is 0 Å². The molecule has 17 heavy (non-hydrogen) atoms. The molecule has 0 aromatic heterocycles. The second kappa shape index (κ2) is 4.30. The van der Waals surface area contributed by atoms with Gasteiger partial charge in [-0.2, -0.15) is 0 Å². The third-order valence-corrected chi connectivity index (χ3v) is 3.46. The van der Waals surface area contributed by atoms with Crippen LogP contribution in [0, 0.1) is 17.0 Å². The molecular formula is C8H6ClNO6S. The number of benzene rings is 1. The highest BCUT2D eigenvalue weighted by Crippen LogP contribution is 2.31. The molecule has 1 N–H and O–H groups in total. The van der Waals surface area contributed by atoms with E-state index in [9.17, 15) is 23.3 Å². The van der Waals surface area contributed by atoms with Crippen molar-refractivity contribution in [2.24, 2.45) is 0 Å². The number of carbonyl (C=O) groups is 1. The molecule has 92 valence electrons. The normalized spacial score (nSPS) is 11.2. The lowest BCUT2D eigenvalue weighted by Gasteiger charge is -2.06. The maximum absolute atomic E-state index is 11.2. The van der Waals surface area contributed by atoms with Gasteiger partial charge < -0.3 is 5.11 Å². The third-order valence-electron chi connectivity index (χ3n) is 1.99. The number of nitro benzene ring substituents is 1. The van der Waals surface area contributed by atoms with Crippen LogP contribution < -0.4 is 0 Å². The zero-order valence-corrected chi connectivity index (χ0v) is 9.95. The van der Waals surface area contributed by atoms with Gasteiger partial charge in [0.05, 0.1) is 4.92 Å². The fraction of sp³-hybridized carbons (Fsp3) is 0.125. The van der Waals surface area contributed by atoms with Gasteiger partial charge in [-0.15, -0.1) is 0 Å². The molecule has 0 radical (unpaired) electrons. The van der Waals surface area contributed by atoms with Crippen molar-refractivity contribution in [1.82, 2.24) is 0 Å². The molecule has 0 aliphatic carbocycles. The standard InChI is InChI=1S/C8H6ClNO6S/c1-4-2-3-5(10(13)14)6(8(11)12)7(4)17(9,15)16/h2-3H,1H3,(H,11,12). The molecule has 0 heterocycles. The van der Waals surface area contributed by atoms with Crippen LogP contribution in [0.3, 0.4) is 0 Å². The van der Waals surface area contributed by atoms with Crippen LogP contribution in [-0.2, 0) is 9.05 Å². The van der Waals surface area contributed by atoms with Crippen molar-refractivity contribution in [3.05, 3.63) is 33.4 Å². The summed E-state index contributed by atoms with van der Waals surface area (Å²) in [6.45, 7) is 1.30. The Morgan fingerprint density at radius 1 is 1.47 bits per heavy atom. The van der Waals surface area contributed by atoms with E-state index in [1.165, 1.54) is 6.92 Å². The highest BCUT2D eigenvalue weighted by atomic mass is 35.7. The Bertz CT molecular complexity index is 609. The second-order valence-electron chi connectivity index (χ2n) is 3.11. The summed E-state index contributed by atoms with van der Waals surface area (Å²) < 4.78 is 22.5. The first-order valence-electron chi connectivity index (χ1n) is 4.12. The number of aromatic carboxylic acids is 1. The predicted octanol–water partition coefficient (Wildman–Crippen LogP) is 1.53. The lowest BCUT2D eigenvalue weighted by molar-refractivity contribution is -0.385. The van der Waals surface area contributed by atoms with Crippen LogP contribution in [-0.4, -0.2) is 24.4 Å². The van der Waals surface area contributed by atoms with Crippen molar-refractivity contribution in [3.63, 3.8) is 0 Å². The summed E-state index contributed by atoms with van der Waals surface area (Å²) >= 11 is 0. The average Bonchev–Trinajstić information content (AvgIpc) is 2.14. The van der Waals surface area contributed by atoms with Crippen molar-refractivity contribution >= 4 is 31.4 Å². The molecule has 1 aromatic carbocycles. The molecule has 9 heteroatoms. The van der Waals surface area contributed by atoms with Gasteiger partial charge in [-0.25, -0.2) is 13.2 Å². The minimum atomic E-state index is -4.38. The SMILES string of the molecule is Cc1ccc([N+](=O)[O-])c(C(=O)O)c1S(=O)(=O)Cl. The number of nitro groups is 1. The molecule has 0 saturated heterocycles. The lowest BCUT2D eigenvalue weighted by atomic mass is 10.1. The number of carboxylic acid groups (broad SMARTS) is 1. The fourth-order valence-corrected chi connectivity index (χ4v) is 2.83. The first-order chi connectivity index (χ1) is 7.66. The molecule has 1 rings (SSSR count). The molecule has 0 fully saturated rings. The van der Waals surface area contributed by atoms with E-state index in [0.29, 0.717) is 0 Å². The summed E-state index contributed by atoms with van der Waals surface area (Å²) in [7, 11) is 0.698. The predicted molar refractivity (Wildman–Crippen MR) is 57.8 cm³/mol. The summed E-state index contributed by atoms with van der Waals surface area (Å²) in [4.78, 5) is 19.8. The van der Waals surface area contributed by atoms with Crippen LogP contribution in [0.2, 0.25) is 0 Å². The van der Waals surface area contributed by atoms with Gasteiger partial charge in [0, 0.05) is 16.7 Å². The number of hydrogen-bond donors (Lipinski definition) is 1. The molecule has 0 amide bonds. The molecule has 0 aliphatic rings. The maximum Gasteiger partial charge on any atom is 0.344 e. The largest absolute Gasteiger partial charge is 0.477 e. The first-order valence-corrected chi connectivity index (χ1v) is 6.43. The molecule has 0 spiro atoms. The van der Waals surface area contributed by atoms with E-state index < -0.39 is 36.1 Å². The summed E-state index contributed by atoms with van der Waals surface area (Å²) in [6.07, 6.45) is 0. The summed E-state index contributed by atoms with van der Waals surface area (Å²) in [5, 5.41) is 19.5. The van der Waals surface area contributed by atoms with Crippen LogP contribution in [0.4, 0.5) is 5.69 Å². The van der Waals surface area contributed by atoms with E-state index in [-0.39, 0.29) is 5.56 Å². The molecule has 0 bridgehead atoms. The van der Waals surface area contributed by atoms with Gasteiger partial charge in [-0.1, -0.05) is 6.07 Å². The summed E-state index contributed by atoms with van der Waals surface area (Å²) in [6, 6.07) is 2.05. The smallest absolute Gasteiger partial charge is 0.344 e. The zero-order valence-electron chi connectivity index (χ0n) is 8.38. The molecule has 0 unspecified atom stereocenters. The average molecular weight is 280 g/mol. The van der Waals surface area contributed by atoms with Crippen LogP contribution >= 0.6 is 10.7 Å². The van der Waals surface area contributed by atoms with Crippen LogP contribution in [0.15, 0.2) is 17.0 Å². The van der Waals surface area contributed by atoms with Crippen LogP contribution in [0.1, 0.15) is 15.9 Å². The second-order valence-corrected chi connectivity index (χ2v) is 5.61. The van der Waals surface area contributed by atoms with Gasteiger partial charge in [0.2, 0.25) is 0 Å². The Hall–Kier alpha value is -1.67. The zero-order chi connectivity index (χ0) is 13.4. The van der Waals surface area contributed by atoms with Gasteiger partial charge in [0.15, 0.2) is 5.56 Å². The van der Waals surface area contributed by atoms with Crippen LogP contribution in [0.5, 0.6) is 0 Å². The van der Waals surface area contributed by atoms with Gasteiger partial charge in [-0.05, 0) is 12.5 Å². The van der Waals surface area contributed by atoms with Gasteiger partial charge in [0.25, 0.3) is 14.7 Å². The minimum Gasteiger partial charge on any atom is -0.477 e. The molecular weight excluding hydrogens is 274 g/mol. The molecule has 0 aliphatic heterocycles. The number of aryl methyl sites for hydroxylation is 1. The Morgan fingerprint density at radius 2 is 2.00 bits per heavy atom. The lowest BCUT2D eigenvalue weighted by Crippen LogP contribution is -2.10. The van der Waals surface area contributed by atoms with Crippen molar-refractivity contribution in [2.75, 3.05) is 0 Å². The molecule has 0 atom stereocenters. The minimum absolute atomic E-state index is 0.0306. The Labute approximate surface area is 100 Å². The number of rotatable bonds is 3. The summed E-state index contributed by atoms with van der Waals surface area (Å²) in [5.41, 5.74) is -1.71. The highest BCUT2D eigenvalue weighted by Gasteiger charge is 2.31. The number of nitrogens with zero attached hydrogens (tertiary/aromatic N) is 1. The van der Waals surface area contributed by atoms with Crippen LogP contribution in [0.25, 0.3) is 0 Å². The van der Waals surface area contributed by atoms with Crippen molar-refractivity contribution in [1.29, 1.82) is 0 Å². The molecule has 1 aromatic rings. The third kappa shape index (κ3) is 2.53. The van der Waals surface area contributed by atoms with Crippen molar-refractivity contribution in [3.8, 4) is 0 Å². The fourth-order valence-electron chi connectivity index (χ4n) is 1.35. The van der Waals surface area contributed by atoms with Gasteiger partial charge in [0.1, 0.15) is 4.90 Å². The van der Waals surface area contributed by atoms with E-state index in [1.807, 2.05) is 0 Å². The monoisotopic (exact) mass is 279 g/mol. The van der Waals surface area contributed by atoms with Gasteiger partial charge in [-0.3, -0.25) is 10.1 Å². The quantitative estimate of drug-likeness (QED) is 0.510. The van der Waals surface area contributed by atoms with E-state index in [4.69, 9.17) is 15.8 Å². The van der Waals surface area contributed by atoms with E-state index in [1.54, 1.807) is 0 Å². The number of halogens is 1. The Balaban J connectivity index is 3.86. The van der Waals surface area contributed by atoms with Crippen molar-refractivity contribution < 1.29 is 23.2 Å². The topological polar surface area (TPSA) is 115 Å². The number of carboxylic acids is 1. The summed E-state index contributed by atoms with van der Waals surface area (Å²) in [5.74, 6) is -1.72. The maximum atomic E-state index is 11.2. The highest BCUT2D eigenvalue weighted by molar-refractivity contribution is 8.13. The van der Waals surface area contributed by atoms with E-state index in [2.05, 4.69) is 0 Å². The van der Waals surface area contributed by atoms with E-state index in [0.717, 1.165) is 12.1 Å². The van der Waals surface area contributed by atoms with Gasteiger partial charge >= 0.3 is 5.97 Å². The van der Waals surface area contributed by atoms with Crippen molar-refractivity contribution in [2.45, 2.75) is 11.8 Å². The number of hydrogen-bond acceptors (Lipinski definition) is 5. The Morgan fingerprint density at radius 3 is 2.35 bits per heavy atom.